The molecule has 0 bridgehead atoms. The van der Waals surface area contributed by atoms with Crippen molar-refractivity contribution in [3.05, 3.63) is 59.7 Å². The minimum atomic E-state index is -1.04. The van der Waals surface area contributed by atoms with Crippen molar-refractivity contribution in [2.75, 3.05) is 13.7 Å². The number of nitrogens with zero attached hydrogens (tertiary/aromatic N) is 1. The number of hydrazone groups is 1. The molecule has 0 aliphatic heterocycles. The van der Waals surface area contributed by atoms with Gasteiger partial charge in [0, 0.05) is 0 Å². The summed E-state index contributed by atoms with van der Waals surface area (Å²) in [7, 11) is 1.49. The number of carboxylic acids is 1. The maximum atomic E-state index is 12.0. The zero-order chi connectivity index (χ0) is 17.4. The molecule has 0 spiro atoms. The summed E-state index contributed by atoms with van der Waals surface area (Å²) in [5, 5.41) is 12.4. The monoisotopic (exact) mass is 328 g/mol. The van der Waals surface area contributed by atoms with Gasteiger partial charge in [0.15, 0.2) is 6.61 Å². The molecule has 1 amide bonds. The van der Waals surface area contributed by atoms with E-state index in [1.807, 2.05) is 0 Å². The van der Waals surface area contributed by atoms with Crippen LogP contribution in [0.15, 0.2) is 53.6 Å². The second kappa shape index (κ2) is 8.33. The molecule has 0 saturated carbocycles. The number of carbonyl (C=O) groups excluding carboxylic acids is 1. The number of amides is 1. The number of aliphatic carboxylic acids is 1. The largest absolute Gasteiger partial charge is 0.496 e. The fourth-order valence-corrected chi connectivity index (χ4v) is 1.85. The first-order valence-electron chi connectivity index (χ1n) is 7.01. The van der Waals surface area contributed by atoms with Crippen LogP contribution in [0.1, 0.15) is 15.9 Å². The number of carbonyl (C=O) groups is 2. The summed E-state index contributed by atoms with van der Waals surface area (Å²) < 4.78 is 10.1. The van der Waals surface area contributed by atoms with Crippen LogP contribution >= 0.6 is 0 Å². The summed E-state index contributed by atoms with van der Waals surface area (Å²) in [5.74, 6) is -0.525. The highest BCUT2D eigenvalue weighted by Crippen LogP contribution is 2.16. The minimum absolute atomic E-state index is 0.384. The molecule has 7 nitrogen and oxygen atoms in total. The average Bonchev–Trinajstić information content (AvgIpc) is 2.60. The lowest BCUT2D eigenvalue weighted by molar-refractivity contribution is -0.139. The second-order valence-corrected chi connectivity index (χ2v) is 4.65. The Morgan fingerprint density at radius 2 is 1.88 bits per heavy atom. The van der Waals surface area contributed by atoms with E-state index in [2.05, 4.69) is 10.5 Å². The summed E-state index contributed by atoms with van der Waals surface area (Å²) in [6, 6.07) is 13.4. The van der Waals surface area contributed by atoms with Gasteiger partial charge in [0.2, 0.25) is 0 Å². The molecule has 0 atom stereocenters. The number of ether oxygens (including phenoxy) is 2. The van der Waals surface area contributed by atoms with E-state index in [-0.39, 0.29) is 5.91 Å². The highest BCUT2D eigenvalue weighted by atomic mass is 16.5. The summed E-state index contributed by atoms with van der Waals surface area (Å²) in [6.07, 6.45) is 1.47. The fourth-order valence-electron chi connectivity index (χ4n) is 1.85. The van der Waals surface area contributed by atoms with Crippen molar-refractivity contribution in [1.82, 2.24) is 5.43 Å². The van der Waals surface area contributed by atoms with Gasteiger partial charge in [0.25, 0.3) is 5.91 Å². The Labute approximate surface area is 138 Å². The van der Waals surface area contributed by atoms with E-state index >= 15 is 0 Å². The first-order valence-corrected chi connectivity index (χ1v) is 7.01. The molecule has 0 fully saturated rings. The quantitative estimate of drug-likeness (QED) is 0.598. The van der Waals surface area contributed by atoms with Crippen molar-refractivity contribution in [2.24, 2.45) is 5.10 Å². The van der Waals surface area contributed by atoms with Crippen LogP contribution in [0.25, 0.3) is 0 Å². The summed E-state index contributed by atoms with van der Waals surface area (Å²) in [4.78, 5) is 22.4. The molecule has 2 rings (SSSR count). The summed E-state index contributed by atoms with van der Waals surface area (Å²) in [6.45, 7) is -0.400. The van der Waals surface area contributed by atoms with E-state index in [1.165, 1.54) is 13.3 Å². The van der Waals surface area contributed by atoms with Gasteiger partial charge in [-0.3, -0.25) is 4.79 Å². The van der Waals surface area contributed by atoms with Gasteiger partial charge in [-0.05, 0) is 42.0 Å². The number of hydrogen-bond donors (Lipinski definition) is 2. The summed E-state index contributed by atoms with van der Waals surface area (Å²) in [5.41, 5.74) is 3.52. The molecule has 2 aromatic rings. The molecule has 7 heteroatoms. The van der Waals surface area contributed by atoms with E-state index in [4.69, 9.17) is 14.6 Å². The van der Waals surface area contributed by atoms with Crippen molar-refractivity contribution < 1.29 is 24.2 Å². The molecule has 0 aromatic heterocycles. The third-order valence-corrected chi connectivity index (χ3v) is 2.97. The lowest BCUT2D eigenvalue weighted by atomic mass is 10.2. The highest BCUT2D eigenvalue weighted by molar-refractivity contribution is 5.97. The molecule has 2 aromatic carbocycles. The van der Waals surface area contributed by atoms with Crippen molar-refractivity contribution >= 4 is 18.1 Å². The number of para-hydroxylation sites is 1. The molecule has 0 heterocycles. The maximum absolute atomic E-state index is 12.0. The van der Waals surface area contributed by atoms with E-state index in [0.29, 0.717) is 17.1 Å². The smallest absolute Gasteiger partial charge is 0.341 e. The van der Waals surface area contributed by atoms with Gasteiger partial charge >= 0.3 is 5.97 Å². The lowest BCUT2D eigenvalue weighted by Crippen LogP contribution is -2.18. The van der Waals surface area contributed by atoms with Gasteiger partial charge in [-0.1, -0.05) is 12.1 Å². The minimum Gasteiger partial charge on any atom is -0.496 e. The molecule has 2 N–H and O–H groups in total. The van der Waals surface area contributed by atoms with Gasteiger partial charge in [-0.25, -0.2) is 10.2 Å². The van der Waals surface area contributed by atoms with Gasteiger partial charge in [0.05, 0.1) is 18.9 Å². The first-order chi connectivity index (χ1) is 11.6. The molecular formula is C17H16N2O5. The number of rotatable bonds is 7. The number of nitrogens with one attached hydrogen (secondary N) is 1. The molecule has 0 radical (unpaired) electrons. The third kappa shape index (κ3) is 4.84. The molecule has 24 heavy (non-hydrogen) atoms. The van der Waals surface area contributed by atoms with Crippen molar-refractivity contribution in [1.29, 1.82) is 0 Å². The van der Waals surface area contributed by atoms with Crippen molar-refractivity contribution in [3.63, 3.8) is 0 Å². The van der Waals surface area contributed by atoms with E-state index in [9.17, 15) is 9.59 Å². The van der Waals surface area contributed by atoms with Crippen molar-refractivity contribution in [3.8, 4) is 11.5 Å². The Hall–Kier alpha value is -3.35. The van der Waals surface area contributed by atoms with Crippen LogP contribution in [0.5, 0.6) is 11.5 Å². The number of hydrogen-bond acceptors (Lipinski definition) is 5. The Bertz CT molecular complexity index is 741. The molecule has 124 valence electrons. The van der Waals surface area contributed by atoms with E-state index in [0.717, 1.165) is 5.56 Å². The van der Waals surface area contributed by atoms with Gasteiger partial charge in [-0.15, -0.1) is 0 Å². The number of methoxy groups -OCH3 is 1. The second-order valence-electron chi connectivity index (χ2n) is 4.65. The van der Waals surface area contributed by atoms with Crippen molar-refractivity contribution in [2.45, 2.75) is 0 Å². The standard InChI is InChI=1S/C17H16N2O5/c1-23-15-5-3-2-4-14(15)17(22)19-18-10-12-6-8-13(9-7-12)24-11-16(20)21/h2-10H,11H2,1H3,(H,19,22)(H,20,21)/b18-10-. The molecule has 0 saturated heterocycles. The normalized spacial score (nSPS) is 10.4. The Kier molecular flexibility index (Phi) is 5.90. The number of benzene rings is 2. The van der Waals surface area contributed by atoms with Crippen LogP contribution < -0.4 is 14.9 Å². The first kappa shape index (κ1) is 17.0. The summed E-state index contributed by atoms with van der Waals surface area (Å²) >= 11 is 0. The van der Waals surface area contributed by atoms with Crippen LogP contribution in [-0.4, -0.2) is 36.9 Å². The Morgan fingerprint density at radius 3 is 2.54 bits per heavy atom. The Balaban J connectivity index is 1.94. The van der Waals surface area contributed by atoms with Gasteiger partial charge in [-0.2, -0.15) is 5.10 Å². The topological polar surface area (TPSA) is 97.2 Å². The number of carboxylic acid groups (broad SMARTS) is 1. The Morgan fingerprint density at radius 1 is 1.17 bits per heavy atom. The van der Waals surface area contributed by atoms with E-state index < -0.39 is 12.6 Å². The predicted molar refractivity (Wildman–Crippen MR) is 87.6 cm³/mol. The van der Waals surface area contributed by atoms with Gasteiger partial charge in [0.1, 0.15) is 11.5 Å². The van der Waals surface area contributed by atoms with Gasteiger partial charge < -0.3 is 14.6 Å². The average molecular weight is 328 g/mol. The molecule has 0 unspecified atom stereocenters. The maximum Gasteiger partial charge on any atom is 0.341 e. The van der Waals surface area contributed by atoms with Crippen LogP contribution in [0.4, 0.5) is 0 Å². The van der Waals surface area contributed by atoms with Crippen LogP contribution in [-0.2, 0) is 4.79 Å². The predicted octanol–water partition coefficient (Wildman–Crippen LogP) is 1.92. The zero-order valence-corrected chi connectivity index (χ0v) is 12.9. The molecular weight excluding hydrogens is 312 g/mol. The van der Waals surface area contributed by atoms with Crippen LogP contribution in [0.3, 0.4) is 0 Å². The third-order valence-electron chi connectivity index (χ3n) is 2.97. The van der Waals surface area contributed by atoms with Crippen LogP contribution in [0.2, 0.25) is 0 Å². The fraction of sp³-hybridized carbons (Fsp3) is 0.118. The molecule has 0 aliphatic rings. The van der Waals surface area contributed by atoms with Crippen LogP contribution in [0, 0.1) is 0 Å². The lowest BCUT2D eigenvalue weighted by Gasteiger charge is -2.06. The highest BCUT2D eigenvalue weighted by Gasteiger charge is 2.09. The van der Waals surface area contributed by atoms with E-state index in [1.54, 1.807) is 48.5 Å². The SMILES string of the molecule is COc1ccccc1C(=O)N/N=C\c1ccc(OCC(=O)O)cc1. The molecule has 0 aliphatic carbocycles. The zero-order valence-electron chi connectivity index (χ0n) is 12.9.